The molecule has 2 amide bonds. The SMILES string of the molecule is O=C1CC[C@@]23C=CC(=O)NCCCCNCCCNC(=O)/C=C\c4ccc(c2c4)O[C@H]3C1. The van der Waals surface area contributed by atoms with Crippen LogP contribution in [0.4, 0.5) is 0 Å². The van der Waals surface area contributed by atoms with Gasteiger partial charge in [-0.05, 0) is 68.6 Å². The monoisotopic (exact) mass is 437 g/mol. The van der Waals surface area contributed by atoms with Crippen LogP contribution in [0.5, 0.6) is 5.75 Å². The number of benzene rings is 1. The normalized spacial score (nSPS) is 28.1. The van der Waals surface area contributed by atoms with Gasteiger partial charge in [0.15, 0.2) is 0 Å². The zero-order valence-corrected chi connectivity index (χ0v) is 18.3. The number of fused-ring (bicyclic) bond motifs is 1. The summed E-state index contributed by atoms with van der Waals surface area (Å²) in [6.07, 6.45) is 10.7. The van der Waals surface area contributed by atoms with Crippen LogP contribution in [0.1, 0.15) is 49.7 Å². The van der Waals surface area contributed by atoms with E-state index in [0.29, 0.717) is 32.4 Å². The molecule has 1 spiro atoms. The lowest BCUT2D eigenvalue weighted by Crippen LogP contribution is -2.42. The van der Waals surface area contributed by atoms with Crippen molar-refractivity contribution < 1.29 is 19.1 Å². The third kappa shape index (κ3) is 5.10. The highest BCUT2D eigenvalue weighted by atomic mass is 16.5. The van der Waals surface area contributed by atoms with Crippen molar-refractivity contribution in [2.24, 2.45) is 0 Å². The fourth-order valence-corrected chi connectivity index (χ4v) is 4.66. The number of rotatable bonds is 0. The maximum Gasteiger partial charge on any atom is 0.243 e. The molecule has 0 saturated heterocycles. The van der Waals surface area contributed by atoms with Gasteiger partial charge < -0.3 is 20.7 Å². The van der Waals surface area contributed by atoms with Crippen LogP contribution in [0, 0.1) is 0 Å². The first-order valence-corrected chi connectivity index (χ1v) is 11.5. The highest BCUT2D eigenvalue weighted by molar-refractivity contribution is 5.92. The number of carbonyl (C=O) groups excluding carboxylic acids is 3. The molecule has 3 aliphatic rings. The maximum atomic E-state index is 12.5. The van der Waals surface area contributed by atoms with E-state index in [-0.39, 0.29) is 23.7 Å². The van der Waals surface area contributed by atoms with Crippen LogP contribution in [0.25, 0.3) is 6.08 Å². The van der Waals surface area contributed by atoms with E-state index in [2.05, 4.69) is 16.0 Å². The second-order valence-electron chi connectivity index (χ2n) is 8.70. The molecule has 2 bridgehead atoms. The molecule has 32 heavy (non-hydrogen) atoms. The molecule has 1 fully saturated rings. The van der Waals surface area contributed by atoms with E-state index in [4.69, 9.17) is 4.74 Å². The first-order chi connectivity index (χ1) is 15.6. The van der Waals surface area contributed by atoms with E-state index in [1.807, 2.05) is 24.3 Å². The van der Waals surface area contributed by atoms with Crippen molar-refractivity contribution in [1.82, 2.24) is 16.0 Å². The van der Waals surface area contributed by atoms with Gasteiger partial charge in [0.25, 0.3) is 0 Å². The summed E-state index contributed by atoms with van der Waals surface area (Å²) in [6.45, 7) is 2.97. The predicted molar refractivity (Wildman–Crippen MR) is 122 cm³/mol. The number of Topliss-reactive ketones (excluding diaryl/α,β-unsaturated/α-hetero) is 1. The lowest BCUT2D eigenvalue weighted by atomic mass is 9.68. The summed E-state index contributed by atoms with van der Waals surface area (Å²) in [5, 5.41) is 9.23. The highest BCUT2D eigenvalue weighted by Crippen LogP contribution is 2.51. The van der Waals surface area contributed by atoms with Crippen molar-refractivity contribution in [2.75, 3.05) is 26.2 Å². The van der Waals surface area contributed by atoms with Crippen LogP contribution >= 0.6 is 0 Å². The van der Waals surface area contributed by atoms with E-state index in [1.165, 1.54) is 0 Å². The summed E-state index contributed by atoms with van der Waals surface area (Å²) in [5.41, 5.74) is 1.34. The molecule has 0 unspecified atom stereocenters. The van der Waals surface area contributed by atoms with Crippen LogP contribution in [-0.2, 0) is 19.8 Å². The number of amides is 2. The van der Waals surface area contributed by atoms with Gasteiger partial charge in [0.1, 0.15) is 17.6 Å². The zero-order valence-electron chi connectivity index (χ0n) is 18.3. The van der Waals surface area contributed by atoms with Gasteiger partial charge in [-0.15, -0.1) is 0 Å². The Balaban J connectivity index is 1.62. The average molecular weight is 438 g/mol. The van der Waals surface area contributed by atoms with Crippen LogP contribution in [0.3, 0.4) is 0 Å². The molecule has 0 aromatic heterocycles. The molecule has 1 aromatic carbocycles. The van der Waals surface area contributed by atoms with Gasteiger partial charge in [-0.1, -0.05) is 12.1 Å². The number of ether oxygens (including phenoxy) is 1. The third-order valence-corrected chi connectivity index (χ3v) is 6.45. The number of hydrogen-bond donors (Lipinski definition) is 3. The van der Waals surface area contributed by atoms with Crippen LogP contribution in [0.2, 0.25) is 0 Å². The maximum absolute atomic E-state index is 12.5. The summed E-state index contributed by atoms with van der Waals surface area (Å²) in [5.74, 6) is 0.677. The summed E-state index contributed by atoms with van der Waals surface area (Å²) < 4.78 is 6.16. The van der Waals surface area contributed by atoms with Gasteiger partial charge in [0, 0.05) is 37.6 Å². The Morgan fingerprint density at radius 1 is 0.875 bits per heavy atom. The standard InChI is InChI=1S/C25H31N3O4/c29-19-8-10-25-11-9-24(31)27-14-2-1-12-26-13-3-15-28-23(30)7-5-18-4-6-21(20(25)16-18)32-22(25)17-19/h4-7,9,11,16,22,26H,1-3,8,10,12-15,17H2,(H,27,31)(H,28,30)/b7-5-,11-9?/t22-,25+/m0/s1. The summed E-state index contributed by atoms with van der Waals surface area (Å²) in [4.78, 5) is 36.8. The van der Waals surface area contributed by atoms with Gasteiger partial charge in [-0.25, -0.2) is 0 Å². The fraction of sp³-hybridized carbons (Fsp3) is 0.480. The lowest BCUT2D eigenvalue weighted by Gasteiger charge is -2.35. The molecule has 7 nitrogen and oxygen atoms in total. The van der Waals surface area contributed by atoms with Crippen LogP contribution in [-0.4, -0.2) is 49.9 Å². The molecule has 2 heterocycles. The average Bonchev–Trinajstić information content (AvgIpc) is 3.10. The minimum atomic E-state index is -0.516. The molecule has 1 saturated carbocycles. The number of hydrogen-bond acceptors (Lipinski definition) is 5. The lowest BCUT2D eigenvalue weighted by molar-refractivity contribution is -0.123. The fourth-order valence-electron chi connectivity index (χ4n) is 4.66. The van der Waals surface area contributed by atoms with Gasteiger partial charge in [-0.3, -0.25) is 14.4 Å². The molecule has 0 radical (unpaired) electrons. The van der Waals surface area contributed by atoms with E-state index in [1.54, 1.807) is 18.2 Å². The molecule has 4 rings (SSSR count). The zero-order chi connectivity index (χ0) is 22.4. The second kappa shape index (κ2) is 10.1. The summed E-state index contributed by atoms with van der Waals surface area (Å²) in [6, 6.07) is 5.81. The Morgan fingerprint density at radius 2 is 1.62 bits per heavy atom. The predicted octanol–water partition coefficient (Wildman–Crippen LogP) is 2.01. The van der Waals surface area contributed by atoms with Crippen molar-refractivity contribution in [1.29, 1.82) is 0 Å². The molecule has 2 atom stereocenters. The molecule has 2 aliphatic heterocycles. The summed E-state index contributed by atoms with van der Waals surface area (Å²) >= 11 is 0. The number of ketones is 1. The molecule has 7 heteroatoms. The van der Waals surface area contributed by atoms with E-state index in [0.717, 1.165) is 49.2 Å². The van der Waals surface area contributed by atoms with E-state index in [9.17, 15) is 14.4 Å². The first-order valence-electron chi connectivity index (χ1n) is 11.5. The van der Waals surface area contributed by atoms with Crippen LogP contribution < -0.4 is 20.7 Å². The van der Waals surface area contributed by atoms with Gasteiger partial charge >= 0.3 is 0 Å². The topological polar surface area (TPSA) is 96.5 Å². The molecular weight excluding hydrogens is 406 g/mol. The van der Waals surface area contributed by atoms with Crippen molar-refractivity contribution in [2.45, 2.75) is 50.0 Å². The first kappa shape index (κ1) is 22.3. The smallest absolute Gasteiger partial charge is 0.243 e. The minimum Gasteiger partial charge on any atom is -0.488 e. The van der Waals surface area contributed by atoms with Gasteiger partial charge in [0.05, 0.1) is 5.41 Å². The Hall–Kier alpha value is -2.93. The molecule has 170 valence electrons. The number of carbonyl (C=O) groups is 3. The van der Waals surface area contributed by atoms with Crippen molar-refractivity contribution in [3.05, 3.63) is 47.6 Å². The van der Waals surface area contributed by atoms with Gasteiger partial charge in [-0.2, -0.15) is 0 Å². The Kier molecular flexibility index (Phi) is 7.05. The molecular formula is C25H31N3O4. The molecule has 1 aromatic rings. The van der Waals surface area contributed by atoms with E-state index >= 15 is 0 Å². The van der Waals surface area contributed by atoms with Crippen LogP contribution in [0.15, 0.2) is 36.4 Å². The molecule has 3 N–H and O–H groups in total. The van der Waals surface area contributed by atoms with E-state index < -0.39 is 5.41 Å². The minimum absolute atomic E-state index is 0.122. The van der Waals surface area contributed by atoms with Crippen molar-refractivity contribution >= 4 is 23.7 Å². The summed E-state index contributed by atoms with van der Waals surface area (Å²) in [7, 11) is 0. The Morgan fingerprint density at radius 3 is 2.50 bits per heavy atom. The Labute approximate surface area is 188 Å². The highest BCUT2D eigenvalue weighted by Gasteiger charge is 2.50. The van der Waals surface area contributed by atoms with Crippen molar-refractivity contribution in [3.8, 4) is 5.75 Å². The largest absolute Gasteiger partial charge is 0.488 e. The van der Waals surface area contributed by atoms with Gasteiger partial charge in [0.2, 0.25) is 11.8 Å². The second-order valence-corrected chi connectivity index (χ2v) is 8.70. The Bertz CT molecular complexity index is 939. The number of nitrogens with one attached hydrogen (secondary N) is 3. The third-order valence-electron chi connectivity index (χ3n) is 6.45. The quantitative estimate of drug-likeness (QED) is 0.577. The van der Waals surface area contributed by atoms with Crippen molar-refractivity contribution in [3.63, 3.8) is 0 Å². The molecule has 1 aliphatic carbocycles.